The monoisotopic (exact) mass is 367 g/mol. The lowest BCUT2D eigenvalue weighted by Crippen LogP contribution is -2.46. The molecule has 2 N–H and O–H groups in total. The van der Waals surface area contributed by atoms with Gasteiger partial charge in [0.2, 0.25) is 0 Å². The second kappa shape index (κ2) is 7.84. The number of nitrogens with zero attached hydrogens (tertiary/aromatic N) is 3. The number of rotatable bonds is 4. The summed E-state index contributed by atoms with van der Waals surface area (Å²) in [5.41, 5.74) is 3.83. The zero-order chi connectivity index (χ0) is 19.6. The number of carbonyl (C=O) groups excluding carboxylic acids is 1. The molecule has 1 atom stereocenters. The molecule has 2 aromatic rings. The first kappa shape index (κ1) is 19.0. The van der Waals surface area contributed by atoms with E-state index in [1.807, 2.05) is 25.1 Å². The minimum absolute atomic E-state index is 0.244. The third kappa shape index (κ3) is 3.83. The minimum Gasteiger partial charge on any atom is -0.358 e. The maximum atomic E-state index is 11.0. The summed E-state index contributed by atoms with van der Waals surface area (Å²) in [6, 6.07) is 7.50. The molecule has 7 heteroatoms. The third-order valence-corrected chi connectivity index (χ3v) is 4.85. The first-order valence-corrected chi connectivity index (χ1v) is 9.07. The quantitative estimate of drug-likeness (QED) is 0.492. The maximum absolute atomic E-state index is 11.0. The summed E-state index contributed by atoms with van der Waals surface area (Å²) in [5, 5.41) is 21.0. The number of ether oxygens (including phenoxy) is 1. The Kier molecular flexibility index (Phi) is 5.51. The molecule has 3 rings (SSSR count). The molecule has 0 aliphatic carbocycles. The summed E-state index contributed by atoms with van der Waals surface area (Å²) in [6.45, 7) is 4.32. The van der Waals surface area contributed by atoms with Crippen molar-refractivity contribution in [3.05, 3.63) is 41.1 Å². The highest BCUT2D eigenvalue weighted by molar-refractivity contribution is 6.07. The molecule has 1 aromatic carbocycles. The molecular weight excluding hydrogens is 342 g/mol. The molecule has 1 fully saturated rings. The standard InChI is InChI=1S/C20H25N5O2/c1-13-7-8-15(10-17(13)18-11-16(12-26)23-24(18)3)20(22)25(14(2)21)19-6-4-5-9-27-19/h7-8,10-12,19,21-22H,4-6,9H2,1-3H3. The Morgan fingerprint density at radius 1 is 1.33 bits per heavy atom. The number of aromatic nitrogens is 2. The van der Waals surface area contributed by atoms with Crippen LogP contribution in [0.25, 0.3) is 11.3 Å². The molecular formula is C20H25N5O2. The van der Waals surface area contributed by atoms with Crippen LogP contribution in [-0.2, 0) is 11.8 Å². The smallest absolute Gasteiger partial charge is 0.170 e. The van der Waals surface area contributed by atoms with Gasteiger partial charge < -0.3 is 4.74 Å². The number of nitrogens with one attached hydrogen (secondary N) is 2. The molecule has 27 heavy (non-hydrogen) atoms. The lowest BCUT2D eigenvalue weighted by Gasteiger charge is -2.35. The summed E-state index contributed by atoms with van der Waals surface area (Å²) in [5.74, 6) is 0.534. The molecule has 1 unspecified atom stereocenters. The first-order chi connectivity index (χ1) is 12.9. The average Bonchev–Trinajstić information content (AvgIpc) is 3.03. The van der Waals surface area contributed by atoms with E-state index < -0.39 is 0 Å². The van der Waals surface area contributed by atoms with Crippen LogP contribution in [-0.4, -0.2) is 45.5 Å². The average molecular weight is 367 g/mol. The van der Waals surface area contributed by atoms with Gasteiger partial charge in [0.25, 0.3) is 0 Å². The van der Waals surface area contributed by atoms with Gasteiger partial charge in [-0.15, -0.1) is 0 Å². The fraction of sp³-hybridized carbons (Fsp3) is 0.400. The first-order valence-electron chi connectivity index (χ1n) is 9.07. The van der Waals surface area contributed by atoms with Gasteiger partial charge in [-0.25, -0.2) is 0 Å². The Balaban J connectivity index is 1.98. The molecule has 1 saturated heterocycles. The highest BCUT2D eigenvalue weighted by atomic mass is 16.5. The SMILES string of the molecule is CC(=N)N(C(=N)c1ccc(C)c(-c2cc(C=O)nn2C)c1)C1CCCCO1. The Bertz CT molecular complexity index is 880. The zero-order valence-electron chi connectivity index (χ0n) is 16.0. The van der Waals surface area contributed by atoms with Crippen LogP contribution in [0.3, 0.4) is 0 Å². The summed E-state index contributed by atoms with van der Waals surface area (Å²) < 4.78 is 7.48. The largest absolute Gasteiger partial charge is 0.358 e. The van der Waals surface area contributed by atoms with Crippen molar-refractivity contribution in [1.29, 1.82) is 10.8 Å². The van der Waals surface area contributed by atoms with E-state index in [2.05, 4.69) is 5.10 Å². The van der Waals surface area contributed by atoms with E-state index in [0.717, 1.165) is 42.4 Å². The van der Waals surface area contributed by atoms with E-state index in [-0.39, 0.29) is 17.9 Å². The van der Waals surface area contributed by atoms with Gasteiger partial charge in [0, 0.05) is 24.8 Å². The van der Waals surface area contributed by atoms with Crippen LogP contribution in [0.1, 0.15) is 47.8 Å². The third-order valence-electron chi connectivity index (χ3n) is 4.85. The van der Waals surface area contributed by atoms with Gasteiger partial charge in [0.15, 0.2) is 6.29 Å². The molecule has 2 heterocycles. The van der Waals surface area contributed by atoms with Crippen molar-refractivity contribution in [2.45, 2.75) is 39.3 Å². The van der Waals surface area contributed by atoms with Crippen LogP contribution in [0.4, 0.5) is 0 Å². The van der Waals surface area contributed by atoms with Crippen LogP contribution in [0.15, 0.2) is 24.3 Å². The molecule has 7 nitrogen and oxygen atoms in total. The van der Waals surface area contributed by atoms with Crippen LogP contribution < -0.4 is 0 Å². The van der Waals surface area contributed by atoms with Crippen LogP contribution in [0, 0.1) is 17.7 Å². The van der Waals surface area contributed by atoms with Gasteiger partial charge in [-0.2, -0.15) is 5.10 Å². The molecule has 1 aromatic heterocycles. The van der Waals surface area contributed by atoms with Crippen molar-refractivity contribution < 1.29 is 9.53 Å². The Morgan fingerprint density at radius 2 is 2.11 bits per heavy atom. The van der Waals surface area contributed by atoms with Crippen LogP contribution in [0.2, 0.25) is 0 Å². The fourth-order valence-corrected chi connectivity index (χ4v) is 3.44. The predicted molar refractivity (Wildman–Crippen MR) is 104 cm³/mol. The molecule has 0 saturated carbocycles. The summed E-state index contributed by atoms with van der Waals surface area (Å²) >= 11 is 0. The normalized spacial score (nSPS) is 16.8. The van der Waals surface area contributed by atoms with Crippen molar-refractivity contribution in [1.82, 2.24) is 14.7 Å². The number of aldehydes is 1. The van der Waals surface area contributed by atoms with Crippen molar-refractivity contribution in [3.63, 3.8) is 0 Å². The summed E-state index contributed by atoms with van der Waals surface area (Å²) in [7, 11) is 1.80. The molecule has 142 valence electrons. The van der Waals surface area contributed by atoms with Crippen LogP contribution >= 0.6 is 0 Å². The number of hydrogen-bond donors (Lipinski definition) is 2. The lowest BCUT2D eigenvalue weighted by atomic mass is 10.0. The van der Waals surface area contributed by atoms with E-state index in [9.17, 15) is 4.79 Å². The highest BCUT2D eigenvalue weighted by Crippen LogP contribution is 2.27. The minimum atomic E-state index is -0.271. The zero-order valence-corrected chi connectivity index (χ0v) is 16.0. The van der Waals surface area contributed by atoms with E-state index in [4.69, 9.17) is 15.6 Å². The van der Waals surface area contributed by atoms with E-state index in [1.165, 1.54) is 0 Å². The van der Waals surface area contributed by atoms with Crippen molar-refractivity contribution in [3.8, 4) is 11.3 Å². The molecule has 0 amide bonds. The highest BCUT2D eigenvalue weighted by Gasteiger charge is 2.27. The van der Waals surface area contributed by atoms with Gasteiger partial charge in [-0.05, 0) is 50.8 Å². The second-order valence-corrected chi connectivity index (χ2v) is 6.85. The number of aryl methyl sites for hydroxylation is 2. The number of amidine groups is 2. The van der Waals surface area contributed by atoms with Gasteiger partial charge in [-0.3, -0.25) is 25.2 Å². The molecule has 1 aliphatic rings. The lowest BCUT2D eigenvalue weighted by molar-refractivity contribution is -0.0331. The Morgan fingerprint density at radius 3 is 2.70 bits per heavy atom. The van der Waals surface area contributed by atoms with Crippen molar-refractivity contribution in [2.75, 3.05) is 6.61 Å². The number of benzene rings is 1. The molecule has 0 spiro atoms. The van der Waals surface area contributed by atoms with Gasteiger partial charge in [-0.1, -0.05) is 12.1 Å². The number of hydrogen-bond acceptors (Lipinski definition) is 5. The fourth-order valence-electron chi connectivity index (χ4n) is 3.44. The van der Waals surface area contributed by atoms with Gasteiger partial charge in [0.1, 0.15) is 23.6 Å². The summed E-state index contributed by atoms with van der Waals surface area (Å²) in [6.07, 6.45) is 3.31. The van der Waals surface area contributed by atoms with E-state index >= 15 is 0 Å². The van der Waals surface area contributed by atoms with E-state index in [0.29, 0.717) is 17.9 Å². The Hall–Kier alpha value is -2.80. The van der Waals surface area contributed by atoms with Gasteiger partial charge in [0.05, 0.1) is 5.69 Å². The predicted octanol–water partition coefficient (Wildman–Crippen LogP) is 3.36. The topological polar surface area (TPSA) is 95.1 Å². The number of carbonyl (C=O) groups is 1. The summed E-state index contributed by atoms with van der Waals surface area (Å²) in [4.78, 5) is 12.7. The van der Waals surface area contributed by atoms with Gasteiger partial charge >= 0.3 is 0 Å². The maximum Gasteiger partial charge on any atom is 0.170 e. The Labute approximate surface area is 159 Å². The second-order valence-electron chi connectivity index (χ2n) is 6.85. The molecule has 0 radical (unpaired) electrons. The van der Waals surface area contributed by atoms with E-state index in [1.54, 1.807) is 29.6 Å². The molecule has 1 aliphatic heterocycles. The van der Waals surface area contributed by atoms with Crippen molar-refractivity contribution >= 4 is 18.0 Å². The molecule has 0 bridgehead atoms. The van der Waals surface area contributed by atoms with Crippen molar-refractivity contribution in [2.24, 2.45) is 7.05 Å². The van der Waals surface area contributed by atoms with Crippen LogP contribution in [0.5, 0.6) is 0 Å².